The van der Waals surface area contributed by atoms with Crippen LogP contribution < -0.4 is 10.1 Å². The highest BCUT2D eigenvalue weighted by atomic mass is 16.5. The number of carbonyl (C=O) groups is 1. The van der Waals surface area contributed by atoms with Crippen molar-refractivity contribution in [2.24, 2.45) is 0 Å². The second-order valence-corrected chi connectivity index (χ2v) is 3.58. The van der Waals surface area contributed by atoms with E-state index in [-0.39, 0.29) is 6.03 Å². The fraction of sp³-hybridized carbons (Fsp3) is 0.167. The van der Waals surface area contributed by atoms with E-state index >= 15 is 0 Å². The van der Waals surface area contributed by atoms with Gasteiger partial charge in [-0.2, -0.15) is 0 Å². The number of ether oxygens (including phenoxy) is 1. The Hall–Kier alpha value is -2.30. The summed E-state index contributed by atoms with van der Waals surface area (Å²) in [6.07, 6.45) is 4.59. The highest BCUT2D eigenvalue weighted by Gasteiger charge is 2.05. The van der Waals surface area contributed by atoms with Crippen molar-refractivity contribution in [3.05, 3.63) is 42.5 Å². The molecule has 1 aromatic carbocycles. The second-order valence-electron chi connectivity index (χ2n) is 3.58. The maximum atomic E-state index is 11.7. The van der Waals surface area contributed by atoms with Gasteiger partial charge in [0.2, 0.25) is 0 Å². The monoisotopic (exact) mass is 231 g/mol. The molecule has 1 amide bonds. The summed E-state index contributed by atoms with van der Waals surface area (Å²) in [6, 6.07) is 5.22. The summed E-state index contributed by atoms with van der Waals surface area (Å²) in [4.78, 5) is 15.5. The Bertz CT molecular complexity index is 521. The van der Waals surface area contributed by atoms with Gasteiger partial charge in [-0.05, 0) is 30.7 Å². The van der Waals surface area contributed by atoms with Crippen molar-refractivity contribution in [1.29, 1.82) is 0 Å². The van der Waals surface area contributed by atoms with Gasteiger partial charge in [-0.1, -0.05) is 0 Å². The molecule has 1 aromatic heterocycles. The summed E-state index contributed by atoms with van der Waals surface area (Å²) >= 11 is 0. The summed E-state index contributed by atoms with van der Waals surface area (Å²) in [5.74, 6) is 0.797. The van der Waals surface area contributed by atoms with Crippen molar-refractivity contribution in [2.75, 3.05) is 12.4 Å². The largest absolute Gasteiger partial charge is 0.496 e. The van der Waals surface area contributed by atoms with Crippen LogP contribution in [0.15, 0.2) is 36.9 Å². The van der Waals surface area contributed by atoms with Crippen LogP contribution in [0.1, 0.15) is 5.56 Å². The molecule has 0 aliphatic heterocycles. The van der Waals surface area contributed by atoms with Crippen LogP contribution >= 0.6 is 0 Å². The van der Waals surface area contributed by atoms with Gasteiger partial charge in [0, 0.05) is 18.1 Å². The Kier molecular flexibility index (Phi) is 3.09. The van der Waals surface area contributed by atoms with Crippen LogP contribution in [0, 0.1) is 6.92 Å². The first kappa shape index (κ1) is 11.2. The number of rotatable bonds is 2. The first-order valence-electron chi connectivity index (χ1n) is 5.14. The predicted molar refractivity (Wildman–Crippen MR) is 64.4 cm³/mol. The molecular formula is C12H13N3O2. The minimum atomic E-state index is -0.243. The van der Waals surface area contributed by atoms with E-state index < -0.39 is 0 Å². The fourth-order valence-electron chi connectivity index (χ4n) is 1.52. The average Bonchev–Trinajstić information content (AvgIpc) is 2.82. The van der Waals surface area contributed by atoms with E-state index in [0.29, 0.717) is 0 Å². The number of anilines is 1. The average molecular weight is 231 g/mol. The molecule has 0 bridgehead atoms. The molecule has 0 saturated heterocycles. The van der Waals surface area contributed by atoms with Crippen LogP contribution in [-0.4, -0.2) is 22.7 Å². The molecule has 0 radical (unpaired) electrons. The molecule has 5 heteroatoms. The number of nitrogens with zero attached hydrogens (tertiary/aromatic N) is 2. The lowest BCUT2D eigenvalue weighted by Gasteiger charge is -2.08. The molecule has 17 heavy (non-hydrogen) atoms. The first-order valence-corrected chi connectivity index (χ1v) is 5.14. The maximum absolute atomic E-state index is 11.7. The van der Waals surface area contributed by atoms with Gasteiger partial charge in [0.25, 0.3) is 0 Å². The zero-order valence-electron chi connectivity index (χ0n) is 9.68. The van der Waals surface area contributed by atoms with Crippen LogP contribution in [0.4, 0.5) is 10.5 Å². The highest BCUT2D eigenvalue weighted by Crippen LogP contribution is 2.21. The molecule has 0 aliphatic rings. The quantitative estimate of drug-likeness (QED) is 0.862. The van der Waals surface area contributed by atoms with Gasteiger partial charge in [0.15, 0.2) is 0 Å². The van der Waals surface area contributed by atoms with E-state index in [0.717, 1.165) is 17.0 Å². The van der Waals surface area contributed by atoms with E-state index in [1.54, 1.807) is 25.6 Å². The molecule has 1 N–H and O–H groups in total. The third kappa shape index (κ3) is 2.44. The minimum Gasteiger partial charge on any atom is -0.496 e. The topological polar surface area (TPSA) is 56.1 Å². The van der Waals surface area contributed by atoms with Crippen molar-refractivity contribution >= 4 is 11.7 Å². The lowest BCUT2D eigenvalue weighted by atomic mass is 10.2. The number of aromatic nitrogens is 2. The van der Waals surface area contributed by atoms with Crippen molar-refractivity contribution < 1.29 is 9.53 Å². The van der Waals surface area contributed by atoms with Gasteiger partial charge in [-0.15, -0.1) is 0 Å². The minimum absolute atomic E-state index is 0.243. The molecule has 88 valence electrons. The predicted octanol–water partition coefficient (Wildman–Crippen LogP) is 2.28. The van der Waals surface area contributed by atoms with E-state index in [9.17, 15) is 4.79 Å². The molecule has 0 saturated carbocycles. The van der Waals surface area contributed by atoms with Gasteiger partial charge >= 0.3 is 6.03 Å². The Morgan fingerprint density at radius 1 is 1.47 bits per heavy atom. The van der Waals surface area contributed by atoms with Crippen molar-refractivity contribution in [2.45, 2.75) is 6.92 Å². The van der Waals surface area contributed by atoms with Gasteiger partial charge in [0.1, 0.15) is 12.1 Å². The van der Waals surface area contributed by atoms with Gasteiger partial charge in [-0.3, -0.25) is 4.57 Å². The van der Waals surface area contributed by atoms with Crippen LogP contribution in [-0.2, 0) is 0 Å². The van der Waals surface area contributed by atoms with Crippen LogP contribution in [0.5, 0.6) is 5.75 Å². The highest BCUT2D eigenvalue weighted by molar-refractivity contribution is 5.91. The fourth-order valence-corrected chi connectivity index (χ4v) is 1.52. The number of amides is 1. The molecule has 0 atom stereocenters. The number of aryl methyl sites for hydroxylation is 1. The standard InChI is InChI=1S/C12H13N3O2/c1-9-7-10(3-4-11(9)17-2)14-12(16)15-6-5-13-8-15/h3-8H,1-2H3,(H,14,16). The van der Waals surface area contributed by atoms with Crippen LogP contribution in [0.25, 0.3) is 0 Å². The van der Waals surface area contributed by atoms with Crippen molar-refractivity contribution in [3.63, 3.8) is 0 Å². The number of methoxy groups -OCH3 is 1. The van der Waals surface area contributed by atoms with Crippen LogP contribution in [0.3, 0.4) is 0 Å². The zero-order valence-corrected chi connectivity index (χ0v) is 9.68. The van der Waals surface area contributed by atoms with Gasteiger partial charge < -0.3 is 10.1 Å². The van der Waals surface area contributed by atoms with Crippen molar-refractivity contribution in [3.8, 4) is 5.75 Å². The van der Waals surface area contributed by atoms with Gasteiger partial charge in [0.05, 0.1) is 7.11 Å². The second kappa shape index (κ2) is 4.69. The molecule has 0 unspecified atom stereocenters. The number of carbonyl (C=O) groups excluding carboxylic acids is 1. The number of nitrogens with one attached hydrogen (secondary N) is 1. The number of benzene rings is 1. The molecule has 0 fully saturated rings. The van der Waals surface area contributed by atoms with Crippen molar-refractivity contribution in [1.82, 2.24) is 9.55 Å². The third-order valence-corrected chi connectivity index (χ3v) is 2.39. The summed E-state index contributed by atoms with van der Waals surface area (Å²) < 4.78 is 6.52. The number of hydrogen-bond donors (Lipinski definition) is 1. The van der Waals surface area contributed by atoms with E-state index in [2.05, 4.69) is 10.3 Å². The molecule has 0 aliphatic carbocycles. The molecule has 2 rings (SSSR count). The zero-order chi connectivity index (χ0) is 12.3. The molecule has 5 nitrogen and oxygen atoms in total. The SMILES string of the molecule is COc1ccc(NC(=O)n2ccnc2)cc1C. The Balaban J connectivity index is 2.14. The lowest BCUT2D eigenvalue weighted by Crippen LogP contribution is -2.17. The normalized spacial score (nSPS) is 10.0. The van der Waals surface area contributed by atoms with Crippen LogP contribution in [0.2, 0.25) is 0 Å². The maximum Gasteiger partial charge on any atom is 0.331 e. The van der Waals surface area contributed by atoms with Gasteiger partial charge in [-0.25, -0.2) is 9.78 Å². The lowest BCUT2D eigenvalue weighted by molar-refractivity contribution is 0.253. The number of hydrogen-bond acceptors (Lipinski definition) is 3. The summed E-state index contributed by atoms with van der Waals surface area (Å²) in [7, 11) is 1.62. The number of imidazole rings is 1. The molecule has 1 heterocycles. The van der Waals surface area contributed by atoms with E-state index in [1.807, 2.05) is 19.1 Å². The smallest absolute Gasteiger partial charge is 0.331 e. The Morgan fingerprint density at radius 2 is 2.29 bits per heavy atom. The third-order valence-electron chi connectivity index (χ3n) is 2.39. The summed E-state index contributed by atoms with van der Waals surface area (Å²) in [6.45, 7) is 1.92. The van der Waals surface area contributed by atoms with E-state index in [4.69, 9.17) is 4.74 Å². The Morgan fingerprint density at radius 3 is 2.88 bits per heavy atom. The molecule has 2 aromatic rings. The molecule has 0 spiro atoms. The summed E-state index contributed by atoms with van der Waals surface area (Å²) in [5, 5.41) is 2.76. The Labute approximate surface area is 99.0 Å². The van der Waals surface area contributed by atoms with E-state index in [1.165, 1.54) is 10.9 Å². The summed E-state index contributed by atoms with van der Waals surface area (Å²) in [5.41, 5.74) is 1.69. The molecular weight excluding hydrogens is 218 g/mol. The first-order chi connectivity index (χ1) is 8.20.